The minimum Gasteiger partial charge on any atom is -0.507 e. The summed E-state index contributed by atoms with van der Waals surface area (Å²) in [6.45, 7) is 0. The van der Waals surface area contributed by atoms with Crippen molar-refractivity contribution in [1.29, 1.82) is 0 Å². The van der Waals surface area contributed by atoms with Crippen molar-refractivity contribution in [2.24, 2.45) is 0 Å². The van der Waals surface area contributed by atoms with Gasteiger partial charge in [0.2, 0.25) is 0 Å². The maximum absolute atomic E-state index is 13.2. The van der Waals surface area contributed by atoms with E-state index in [4.69, 9.17) is 0 Å². The first-order valence-corrected chi connectivity index (χ1v) is 7.02. The average Bonchev–Trinajstić information content (AvgIpc) is 2.54. The molecule has 24 heavy (non-hydrogen) atoms. The Bertz CT molecular complexity index is 828. The summed E-state index contributed by atoms with van der Waals surface area (Å²) >= 11 is 0. The number of para-hydroxylation sites is 2. The van der Waals surface area contributed by atoms with Gasteiger partial charge in [-0.1, -0.05) is 24.3 Å². The Hall–Kier alpha value is -3.02. The lowest BCUT2D eigenvalue weighted by Crippen LogP contribution is -2.06. The maximum atomic E-state index is 13.2. The zero-order chi connectivity index (χ0) is 17.3. The van der Waals surface area contributed by atoms with Crippen LogP contribution in [-0.2, 0) is 6.18 Å². The second kappa shape index (κ2) is 5.88. The summed E-state index contributed by atoms with van der Waals surface area (Å²) < 4.78 is 39.7. The molecule has 0 atom stereocenters. The van der Waals surface area contributed by atoms with Gasteiger partial charge in [-0.3, -0.25) is 0 Å². The number of hydrogen-bond donors (Lipinski definition) is 2. The number of phenolic OH excluding ortho intramolecular Hbond substituents is 2. The van der Waals surface area contributed by atoms with E-state index in [-0.39, 0.29) is 34.0 Å². The molecule has 1 heterocycles. The highest BCUT2D eigenvalue weighted by molar-refractivity contribution is 5.73. The van der Waals surface area contributed by atoms with Gasteiger partial charge >= 0.3 is 6.18 Å². The Labute approximate surface area is 135 Å². The van der Waals surface area contributed by atoms with Crippen molar-refractivity contribution in [3.63, 3.8) is 0 Å². The topological polar surface area (TPSA) is 53.4 Å². The zero-order valence-corrected chi connectivity index (χ0v) is 12.2. The van der Waals surface area contributed by atoms with Crippen LogP contribution in [0.5, 0.6) is 11.5 Å². The number of benzene rings is 2. The number of phenols is 2. The van der Waals surface area contributed by atoms with E-state index in [0.29, 0.717) is 0 Å². The Morgan fingerprint density at radius 2 is 1.12 bits per heavy atom. The molecule has 2 N–H and O–H groups in total. The van der Waals surface area contributed by atoms with E-state index in [0.717, 1.165) is 12.1 Å². The van der Waals surface area contributed by atoms with Gasteiger partial charge in [0, 0.05) is 11.1 Å². The Morgan fingerprint density at radius 1 is 0.708 bits per heavy atom. The average molecular weight is 331 g/mol. The van der Waals surface area contributed by atoms with Crippen LogP contribution in [0.1, 0.15) is 5.56 Å². The minimum atomic E-state index is -4.58. The number of alkyl halides is 3. The van der Waals surface area contributed by atoms with Gasteiger partial charge < -0.3 is 10.2 Å². The second-order valence-corrected chi connectivity index (χ2v) is 5.16. The normalized spacial score (nSPS) is 11.5. The molecule has 0 aliphatic heterocycles. The highest BCUT2D eigenvalue weighted by Gasteiger charge is 2.32. The molecule has 3 aromatic rings. The van der Waals surface area contributed by atoms with E-state index >= 15 is 0 Å². The molecule has 1 aromatic heterocycles. The summed E-state index contributed by atoms with van der Waals surface area (Å²) in [5, 5.41) is 19.8. The van der Waals surface area contributed by atoms with Gasteiger partial charge in [0.1, 0.15) is 11.5 Å². The van der Waals surface area contributed by atoms with Crippen LogP contribution in [0.3, 0.4) is 0 Å². The predicted molar refractivity (Wildman–Crippen MR) is 83.4 cm³/mol. The molecule has 0 bridgehead atoms. The molecule has 0 saturated carbocycles. The van der Waals surface area contributed by atoms with Gasteiger partial charge in [0.25, 0.3) is 0 Å². The van der Waals surface area contributed by atoms with Crippen molar-refractivity contribution in [2.45, 2.75) is 6.18 Å². The molecule has 3 rings (SSSR count). The molecule has 0 aliphatic carbocycles. The van der Waals surface area contributed by atoms with Gasteiger partial charge in [0.05, 0.1) is 17.0 Å². The van der Waals surface area contributed by atoms with Crippen molar-refractivity contribution >= 4 is 0 Å². The lowest BCUT2D eigenvalue weighted by Gasteiger charge is -2.13. The Morgan fingerprint density at radius 3 is 1.50 bits per heavy atom. The van der Waals surface area contributed by atoms with Crippen molar-refractivity contribution in [3.05, 3.63) is 66.2 Å². The molecule has 0 fully saturated rings. The summed E-state index contributed by atoms with van der Waals surface area (Å²) in [6.07, 6.45) is -4.58. The van der Waals surface area contributed by atoms with E-state index < -0.39 is 11.7 Å². The Balaban J connectivity index is 2.26. The summed E-state index contributed by atoms with van der Waals surface area (Å²) in [5.41, 5.74) is -0.600. The van der Waals surface area contributed by atoms with Crippen LogP contribution >= 0.6 is 0 Å². The quantitative estimate of drug-likeness (QED) is 0.706. The first-order chi connectivity index (χ1) is 11.4. The Kier molecular flexibility index (Phi) is 3.89. The van der Waals surface area contributed by atoms with Crippen molar-refractivity contribution in [3.8, 4) is 34.0 Å². The van der Waals surface area contributed by atoms with Gasteiger partial charge in [-0.25, -0.2) is 4.98 Å². The largest absolute Gasteiger partial charge is 0.507 e. The van der Waals surface area contributed by atoms with Crippen molar-refractivity contribution in [1.82, 2.24) is 4.98 Å². The first-order valence-electron chi connectivity index (χ1n) is 7.02. The van der Waals surface area contributed by atoms with Gasteiger partial charge in [-0.05, 0) is 36.4 Å². The molecule has 2 aromatic carbocycles. The molecule has 0 spiro atoms. The predicted octanol–water partition coefficient (Wildman–Crippen LogP) is 4.85. The summed E-state index contributed by atoms with van der Waals surface area (Å²) in [5.74, 6) is -0.347. The summed E-state index contributed by atoms with van der Waals surface area (Å²) in [7, 11) is 0. The fraction of sp³-hybridized carbons (Fsp3) is 0.0556. The van der Waals surface area contributed by atoms with Crippen LogP contribution in [0.15, 0.2) is 60.7 Å². The van der Waals surface area contributed by atoms with Crippen LogP contribution in [-0.4, -0.2) is 15.2 Å². The zero-order valence-electron chi connectivity index (χ0n) is 12.2. The highest BCUT2D eigenvalue weighted by atomic mass is 19.4. The molecule has 0 amide bonds. The van der Waals surface area contributed by atoms with E-state index in [9.17, 15) is 23.4 Å². The van der Waals surface area contributed by atoms with Crippen LogP contribution in [0.2, 0.25) is 0 Å². The fourth-order valence-corrected chi connectivity index (χ4v) is 2.35. The number of halogens is 3. The number of hydrogen-bond acceptors (Lipinski definition) is 3. The molecular formula is C18H12F3NO2. The summed E-state index contributed by atoms with van der Waals surface area (Å²) in [4.78, 5) is 4.19. The third-order valence-electron chi connectivity index (χ3n) is 3.51. The van der Waals surface area contributed by atoms with Crippen LogP contribution < -0.4 is 0 Å². The number of nitrogens with zero attached hydrogens (tertiary/aromatic N) is 1. The highest BCUT2D eigenvalue weighted by Crippen LogP contribution is 2.38. The molecule has 0 unspecified atom stereocenters. The van der Waals surface area contributed by atoms with E-state index in [2.05, 4.69) is 4.98 Å². The smallest absolute Gasteiger partial charge is 0.416 e. The monoisotopic (exact) mass is 331 g/mol. The number of aromatic hydroxyl groups is 2. The first kappa shape index (κ1) is 15.9. The molecular weight excluding hydrogens is 319 g/mol. The van der Waals surface area contributed by atoms with E-state index in [1.807, 2.05) is 0 Å². The second-order valence-electron chi connectivity index (χ2n) is 5.16. The lowest BCUT2D eigenvalue weighted by atomic mass is 10.0. The van der Waals surface area contributed by atoms with Crippen molar-refractivity contribution < 1.29 is 23.4 Å². The fourth-order valence-electron chi connectivity index (χ4n) is 2.35. The van der Waals surface area contributed by atoms with E-state index in [1.54, 1.807) is 24.3 Å². The maximum Gasteiger partial charge on any atom is 0.416 e. The van der Waals surface area contributed by atoms with Gasteiger partial charge in [-0.2, -0.15) is 13.2 Å². The standard InChI is InChI=1S/C18H12F3NO2/c19-18(20,21)11-9-14(12-5-1-3-7-16(12)23)22-15(10-11)13-6-2-4-8-17(13)24/h1-10,23-24H. The lowest BCUT2D eigenvalue weighted by molar-refractivity contribution is -0.137. The molecule has 0 radical (unpaired) electrons. The van der Waals surface area contributed by atoms with Crippen LogP contribution in [0.25, 0.3) is 22.5 Å². The molecule has 3 nitrogen and oxygen atoms in total. The third kappa shape index (κ3) is 3.03. The van der Waals surface area contributed by atoms with Crippen molar-refractivity contribution in [2.75, 3.05) is 0 Å². The SMILES string of the molecule is Oc1ccccc1-c1cc(C(F)(F)F)cc(-c2ccccc2O)n1. The third-order valence-corrected chi connectivity index (χ3v) is 3.51. The number of rotatable bonds is 2. The molecule has 0 saturated heterocycles. The molecule has 6 heteroatoms. The van der Waals surface area contributed by atoms with Gasteiger partial charge in [-0.15, -0.1) is 0 Å². The molecule has 122 valence electrons. The van der Waals surface area contributed by atoms with Gasteiger partial charge in [0.15, 0.2) is 0 Å². The van der Waals surface area contributed by atoms with Crippen LogP contribution in [0.4, 0.5) is 13.2 Å². The van der Waals surface area contributed by atoms with E-state index in [1.165, 1.54) is 24.3 Å². The van der Waals surface area contributed by atoms with Crippen LogP contribution in [0, 0.1) is 0 Å². The molecule has 0 aliphatic rings. The minimum absolute atomic E-state index is 0.0267. The summed E-state index contributed by atoms with van der Waals surface area (Å²) in [6, 6.07) is 13.8. The number of pyridine rings is 1. The number of aromatic nitrogens is 1.